The third kappa shape index (κ3) is 11.4. The Morgan fingerprint density at radius 2 is 1.68 bits per heavy atom. The highest BCUT2D eigenvalue weighted by atomic mass is 127. The van der Waals surface area contributed by atoms with Crippen molar-refractivity contribution in [3.05, 3.63) is 76.6 Å². The summed E-state index contributed by atoms with van der Waals surface area (Å²) in [5, 5.41) is 10.3. The number of carbonyl (C=O) groups excluding carboxylic acids is 2. The number of carbonyl (C=O) groups is 3. The first kappa shape index (κ1) is 47.4. The molecule has 1 saturated heterocycles. The van der Waals surface area contributed by atoms with E-state index >= 15 is 0 Å². The maximum atomic E-state index is 12.7. The Labute approximate surface area is 347 Å². The summed E-state index contributed by atoms with van der Waals surface area (Å²) >= 11 is 4.27. The second kappa shape index (κ2) is 18.0. The Morgan fingerprint density at radius 3 is 2.23 bits per heavy atom. The van der Waals surface area contributed by atoms with Crippen molar-refractivity contribution in [2.75, 3.05) is 0 Å². The fourth-order valence-electron chi connectivity index (χ4n) is 7.57. The molecule has 2 aliphatic heterocycles. The molecule has 3 heterocycles. The summed E-state index contributed by atoms with van der Waals surface area (Å²) in [5.41, 5.74) is 2.25. The van der Waals surface area contributed by atoms with Crippen molar-refractivity contribution in [2.45, 2.75) is 132 Å². The van der Waals surface area contributed by atoms with Gasteiger partial charge in [-0.15, -0.1) is 0 Å². The Balaban J connectivity index is 0.000000360. The van der Waals surface area contributed by atoms with Gasteiger partial charge in [0.15, 0.2) is 5.60 Å². The molecule has 4 aliphatic rings. The molecule has 1 aromatic rings. The Kier molecular flexibility index (Phi) is 16.1. The highest BCUT2D eigenvalue weighted by Crippen LogP contribution is 2.67. The van der Waals surface area contributed by atoms with Crippen LogP contribution in [-0.4, -0.2) is 50.5 Å². The van der Waals surface area contributed by atoms with Crippen LogP contribution in [0.4, 0.5) is 0 Å². The summed E-state index contributed by atoms with van der Waals surface area (Å²) in [6.07, 6.45) is 12.0. The summed E-state index contributed by atoms with van der Waals surface area (Å²) in [6.45, 7) is 25.7. The quantitative estimate of drug-likeness (QED) is 0.101. The van der Waals surface area contributed by atoms with Crippen LogP contribution < -0.4 is 5.63 Å². The van der Waals surface area contributed by atoms with E-state index in [0.717, 1.165) is 32.8 Å². The van der Waals surface area contributed by atoms with Gasteiger partial charge in [-0.25, -0.2) is 4.79 Å². The molecule has 12 heteroatoms. The highest BCUT2D eigenvalue weighted by molar-refractivity contribution is 14.1. The molecule has 6 atom stereocenters. The number of esters is 2. The van der Waals surface area contributed by atoms with E-state index in [1.54, 1.807) is 6.07 Å². The van der Waals surface area contributed by atoms with Gasteiger partial charge in [0.2, 0.25) is 0 Å². The zero-order valence-corrected chi connectivity index (χ0v) is 39.3. The predicted molar refractivity (Wildman–Crippen MR) is 236 cm³/mol. The van der Waals surface area contributed by atoms with E-state index in [1.165, 1.54) is 17.2 Å². The molecular formula is C41H62I2O8Si2. The van der Waals surface area contributed by atoms with Crippen molar-refractivity contribution in [3.63, 3.8) is 0 Å². The molecule has 2 aliphatic carbocycles. The SMILES string of the molecule is C.CC(C)=CCC/C(C)=C/[C@@H](OC(=O)Cc1oc(=O)ccc1I)[Si](C)(C)C.CC1(/C=C/[Si](C)(C)C)CC[C@H]2C(C)(C)[C@@H]3C=C(I)[C@]2(OC3=O)[C@H]1C(=O)O. The number of ether oxygens (including phenoxy) is 2. The number of rotatable bonds is 11. The van der Waals surface area contributed by atoms with Gasteiger partial charge < -0.3 is 19.0 Å². The van der Waals surface area contributed by atoms with E-state index in [2.05, 4.69) is 143 Å². The highest BCUT2D eigenvalue weighted by Gasteiger charge is 2.72. The first-order valence-corrected chi connectivity index (χ1v) is 27.4. The second-order valence-corrected chi connectivity index (χ2v) is 30.6. The minimum absolute atomic E-state index is 0. The largest absolute Gasteiger partial charge is 0.481 e. The topological polar surface area (TPSA) is 120 Å². The van der Waals surface area contributed by atoms with E-state index in [-0.39, 0.29) is 48.8 Å². The van der Waals surface area contributed by atoms with Gasteiger partial charge in [0, 0.05) is 21.0 Å². The van der Waals surface area contributed by atoms with Crippen molar-refractivity contribution in [1.82, 2.24) is 0 Å². The smallest absolute Gasteiger partial charge is 0.335 e. The summed E-state index contributed by atoms with van der Waals surface area (Å²) in [4.78, 5) is 49.0. The molecule has 1 saturated carbocycles. The Bertz CT molecular complexity index is 1710. The molecule has 2 bridgehead atoms. The fraction of sp³-hybridized carbons (Fsp3) is 0.610. The Hall–Kier alpha value is -1.79. The molecule has 0 aromatic carbocycles. The maximum Gasteiger partial charge on any atom is 0.335 e. The van der Waals surface area contributed by atoms with Crippen molar-refractivity contribution >= 4 is 79.2 Å². The number of hydrogen-bond acceptors (Lipinski definition) is 7. The molecule has 1 N–H and O–H groups in total. The van der Waals surface area contributed by atoms with Gasteiger partial charge in [-0.2, -0.15) is 0 Å². The second-order valence-electron chi connectivity index (χ2n) is 17.9. The van der Waals surface area contributed by atoms with Crippen LogP contribution in [0.2, 0.25) is 39.3 Å². The van der Waals surface area contributed by atoms with Gasteiger partial charge in [-0.1, -0.05) is 103 Å². The van der Waals surface area contributed by atoms with Crippen molar-refractivity contribution in [3.8, 4) is 0 Å². The standard InChI is InChI=1S/2C20H29IO4Si.CH4/c1-18(2)12-11-14(21)20(25-17(12)24)13(18)7-8-19(3,15(20)16(22)23)9-10-26(4,5)6;1-14(2)8-7-9-15(3)12-20(26(4,5)6)25-19(23)13-17-16(21)10-11-18(22)24-17;/h9-13,15H,7-8H2,1-6H3,(H,22,23);8,10-12,20H,7,9,13H2,1-6H3;1H4/b10-9+;15-12+;/t12-,13+,15+,19?,20+;20-;/m10./s1. The number of halogens is 2. The van der Waals surface area contributed by atoms with Crippen molar-refractivity contribution in [2.24, 2.45) is 28.6 Å². The monoisotopic (exact) mass is 992 g/mol. The van der Waals surface area contributed by atoms with Crippen LogP contribution in [0.1, 0.15) is 80.4 Å². The van der Waals surface area contributed by atoms with Gasteiger partial charge in [0.25, 0.3) is 0 Å². The van der Waals surface area contributed by atoms with E-state index in [4.69, 9.17) is 13.9 Å². The average Bonchev–Trinajstić information content (AvgIpc) is 2.98. The third-order valence-electron chi connectivity index (χ3n) is 10.5. The lowest BCUT2D eigenvalue weighted by Gasteiger charge is -2.64. The van der Waals surface area contributed by atoms with Crippen LogP contribution in [0.25, 0.3) is 0 Å². The number of fused-ring (bicyclic) bond motifs is 1. The lowest BCUT2D eigenvalue weighted by molar-refractivity contribution is -0.230. The molecular weight excluding hydrogens is 930 g/mol. The lowest BCUT2D eigenvalue weighted by atomic mass is 9.46. The van der Waals surface area contributed by atoms with Crippen LogP contribution in [0.3, 0.4) is 0 Å². The third-order valence-corrected chi connectivity index (χ3v) is 15.8. The first-order chi connectivity index (χ1) is 23.7. The molecule has 0 radical (unpaired) electrons. The number of allylic oxidation sites excluding steroid dienone is 4. The number of hydrogen-bond donors (Lipinski definition) is 1. The zero-order valence-electron chi connectivity index (χ0n) is 32.9. The van der Waals surface area contributed by atoms with Gasteiger partial charge in [0.1, 0.15) is 23.8 Å². The summed E-state index contributed by atoms with van der Waals surface area (Å²) < 4.78 is 18.6. The summed E-state index contributed by atoms with van der Waals surface area (Å²) in [6, 6.07) is 3.00. The minimum atomic E-state index is -1.74. The molecule has 5 rings (SSSR count). The fourth-order valence-corrected chi connectivity index (χ4v) is 11.4. The van der Waals surface area contributed by atoms with Crippen LogP contribution >= 0.6 is 45.2 Å². The predicted octanol–water partition coefficient (Wildman–Crippen LogP) is 10.7. The van der Waals surface area contributed by atoms with Crippen LogP contribution in [0.15, 0.2) is 66.1 Å². The van der Waals surface area contributed by atoms with Gasteiger partial charge in [-0.05, 0) is 109 Å². The van der Waals surface area contributed by atoms with Crippen LogP contribution in [0.5, 0.6) is 0 Å². The molecule has 0 amide bonds. The summed E-state index contributed by atoms with van der Waals surface area (Å²) in [7, 11) is -3.22. The van der Waals surface area contributed by atoms with Gasteiger partial charge >= 0.3 is 23.5 Å². The molecule has 8 nitrogen and oxygen atoms in total. The average molecular weight is 993 g/mol. The van der Waals surface area contributed by atoms with E-state index in [1.807, 2.05) is 13.0 Å². The number of carboxylic acids is 1. The van der Waals surface area contributed by atoms with E-state index in [0.29, 0.717) is 5.76 Å². The van der Waals surface area contributed by atoms with Crippen molar-refractivity contribution in [1.29, 1.82) is 0 Å². The zero-order chi connectivity index (χ0) is 39.6. The first-order valence-electron chi connectivity index (χ1n) is 18.1. The van der Waals surface area contributed by atoms with E-state index in [9.17, 15) is 24.3 Å². The molecule has 53 heavy (non-hydrogen) atoms. The normalized spacial score (nSPS) is 26.9. The Morgan fingerprint density at radius 1 is 1.06 bits per heavy atom. The number of carboxylic acid groups (broad SMARTS) is 1. The molecule has 296 valence electrons. The molecule has 1 aromatic heterocycles. The van der Waals surface area contributed by atoms with Crippen molar-refractivity contribution < 1.29 is 33.4 Å². The molecule has 2 fully saturated rings. The summed E-state index contributed by atoms with van der Waals surface area (Å²) in [5.74, 6) is -2.16. The minimum Gasteiger partial charge on any atom is -0.481 e. The van der Waals surface area contributed by atoms with Gasteiger partial charge in [-0.3, -0.25) is 14.4 Å². The van der Waals surface area contributed by atoms with Crippen LogP contribution in [-0.2, 0) is 30.3 Å². The van der Waals surface area contributed by atoms with E-state index < -0.39 is 44.7 Å². The molecule has 1 unspecified atom stereocenters. The van der Waals surface area contributed by atoms with Gasteiger partial charge in [0.05, 0.1) is 25.6 Å². The van der Waals surface area contributed by atoms with Crippen LogP contribution in [0, 0.1) is 32.2 Å². The number of aliphatic carboxylic acids is 1. The molecule has 1 spiro atoms. The maximum absolute atomic E-state index is 12.7. The lowest BCUT2D eigenvalue weighted by Crippen LogP contribution is -2.70.